The molecule has 2 heterocycles. The van der Waals surface area contributed by atoms with Crippen LogP contribution < -0.4 is 10.6 Å². The van der Waals surface area contributed by atoms with Gasteiger partial charge in [0.1, 0.15) is 17.3 Å². The Hall–Kier alpha value is -3.78. The maximum Gasteiger partial charge on any atom is 0.255 e. The van der Waals surface area contributed by atoms with Crippen LogP contribution in [0.2, 0.25) is 5.02 Å². The van der Waals surface area contributed by atoms with Crippen LogP contribution in [-0.2, 0) is 13.1 Å². The van der Waals surface area contributed by atoms with Crippen LogP contribution in [0.3, 0.4) is 0 Å². The fourth-order valence-corrected chi connectivity index (χ4v) is 3.02. The fraction of sp³-hybridized carbons (Fsp3) is 0.0909. The molecule has 9 heteroatoms. The highest BCUT2D eigenvalue weighted by Crippen LogP contribution is 2.20. The van der Waals surface area contributed by atoms with E-state index >= 15 is 0 Å². The molecular formula is C22H18ClFN6O. The van der Waals surface area contributed by atoms with Gasteiger partial charge in [0.15, 0.2) is 0 Å². The number of aromatic nitrogens is 4. The van der Waals surface area contributed by atoms with Gasteiger partial charge in [0.2, 0.25) is 0 Å². The molecule has 0 aliphatic carbocycles. The normalized spacial score (nSPS) is 10.6. The summed E-state index contributed by atoms with van der Waals surface area (Å²) in [6.45, 7) is 0.663. The van der Waals surface area contributed by atoms with E-state index in [-0.39, 0.29) is 18.3 Å². The van der Waals surface area contributed by atoms with Crippen molar-refractivity contribution in [3.63, 3.8) is 0 Å². The Morgan fingerprint density at radius 2 is 1.84 bits per heavy atom. The van der Waals surface area contributed by atoms with Crippen LogP contribution in [0.1, 0.15) is 21.6 Å². The molecule has 0 fully saturated rings. The second kappa shape index (κ2) is 9.36. The van der Waals surface area contributed by atoms with Gasteiger partial charge in [0.05, 0.1) is 24.8 Å². The number of benzene rings is 2. The van der Waals surface area contributed by atoms with Crippen molar-refractivity contribution in [3.8, 4) is 0 Å². The number of hydrogen-bond donors (Lipinski definition) is 2. The van der Waals surface area contributed by atoms with E-state index in [1.807, 2.05) is 0 Å². The predicted octanol–water partition coefficient (Wildman–Crippen LogP) is 4.19. The molecule has 0 radical (unpaired) electrons. The summed E-state index contributed by atoms with van der Waals surface area (Å²) in [5.74, 6) is -0.147. The molecule has 2 aromatic carbocycles. The molecule has 2 aromatic heterocycles. The number of rotatable bonds is 7. The Balaban J connectivity index is 1.38. The number of carbonyl (C=O) groups excluding carboxylic acids is 1. The van der Waals surface area contributed by atoms with E-state index < -0.39 is 0 Å². The first-order valence-electron chi connectivity index (χ1n) is 9.46. The zero-order valence-corrected chi connectivity index (χ0v) is 17.1. The Morgan fingerprint density at radius 1 is 1.06 bits per heavy atom. The first-order valence-corrected chi connectivity index (χ1v) is 9.84. The number of nitrogens with zero attached hydrogens (tertiary/aromatic N) is 4. The Morgan fingerprint density at radius 3 is 2.61 bits per heavy atom. The van der Waals surface area contributed by atoms with E-state index in [0.29, 0.717) is 28.6 Å². The van der Waals surface area contributed by atoms with Crippen molar-refractivity contribution in [1.29, 1.82) is 0 Å². The topological polar surface area (TPSA) is 84.7 Å². The number of pyridine rings is 1. The molecular weight excluding hydrogens is 419 g/mol. The summed E-state index contributed by atoms with van der Waals surface area (Å²) in [6.07, 6.45) is 3.34. The van der Waals surface area contributed by atoms with E-state index in [1.165, 1.54) is 12.1 Å². The molecule has 156 valence electrons. The number of halogens is 2. The molecule has 31 heavy (non-hydrogen) atoms. The average molecular weight is 437 g/mol. The highest BCUT2D eigenvalue weighted by molar-refractivity contribution is 6.30. The number of hydrogen-bond acceptors (Lipinski definition) is 5. The molecule has 0 atom stereocenters. The monoisotopic (exact) mass is 436 g/mol. The smallest absolute Gasteiger partial charge is 0.255 e. The molecule has 2 N–H and O–H groups in total. The molecule has 4 aromatic rings. The van der Waals surface area contributed by atoms with Crippen molar-refractivity contribution >= 4 is 29.0 Å². The van der Waals surface area contributed by atoms with Crippen LogP contribution >= 0.6 is 11.6 Å². The summed E-state index contributed by atoms with van der Waals surface area (Å²) in [5, 5.41) is 14.7. The molecule has 0 aliphatic rings. The lowest BCUT2D eigenvalue weighted by molar-refractivity contribution is 0.0951. The molecule has 0 bridgehead atoms. The van der Waals surface area contributed by atoms with Gasteiger partial charge in [0.25, 0.3) is 5.91 Å². The van der Waals surface area contributed by atoms with E-state index in [4.69, 9.17) is 11.6 Å². The van der Waals surface area contributed by atoms with Crippen molar-refractivity contribution in [1.82, 2.24) is 25.3 Å². The van der Waals surface area contributed by atoms with E-state index in [9.17, 15) is 9.18 Å². The number of amides is 1. The van der Waals surface area contributed by atoms with Gasteiger partial charge in [-0.3, -0.25) is 4.79 Å². The summed E-state index contributed by atoms with van der Waals surface area (Å²) in [4.78, 5) is 17.0. The first kappa shape index (κ1) is 20.5. The molecule has 7 nitrogen and oxygen atoms in total. The van der Waals surface area contributed by atoms with Crippen LogP contribution in [0, 0.1) is 5.82 Å². The maximum atomic E-state index is 13.0. The SMILES string of the molecule is O=C(NCc1cn(Cc2ccc(F)cc2)nn1)c1cccnc1Nc1ccc(Cl)cc1. The van der Waals surface area contributed by atoms with Gasteiger partial charge in [-0.05, 0) is 54.1 Å². The summed E-state index contributed by atoms with van der Waals surface area (Å²) in [7, 11) is 0. The minimum atomic E-state index is -0.294. The molecule has 4 rings (SSSR count). The largest absolute Gasteiger partial charge is 0.346 e. The lowest BCUT2D eigenvalue weighted by atomic mass is 10.2. The van der Waals surface area contributed by atoms with Gasteiger partial charge >= 0.3 is 0 Å². The Kier molecular flexibility index (Phi) is 6.18. The van der Waals surface area contributed by atoms with Crippen LogP contribution in [0.25, 0.3) is 0 Å². The highest BCUT2D eigenvalue weighted by Gasteiger charge is 2.13. The predicted molar refractivity (Wildman–Crippen MR) is 116 cm³/mol. The van der Waals surface area contributed by atoms with Crippen LogP contribution in [0.5, 0.6) is 0 Å². The van der Waals surface area contributed by atoms with Gasteiger partial charge in [-0.1, -0.05) is 28.9 Å². The highest BCUT2D eigenvalue weighted by atomic mass is 35.5. The van der Waals surface area contributed by atoms with Crippen LogP contribution in [0.4, 0.5) is 15.9 Å². The van der Waals surface area contributed by atoms with Gasteiger partial charge in [-0.25, -0.2) is 14.1 Å². The summed E-state index contributed by atoms with van der Waals surface area (Å²) in [6, 6.07) is 16.7. The zero-order valence-electron chi connectivity index (χ0n) is 16.3. The molecule has 0 aliphatic heterocycles. The quantitative estimate of drug-likeness (QED) is 0.454. The summed E-state index contributed by atoms with van der Waals surface area (Å²) in [5.41, 5.74) is 2.67. The van der Waals surface area contributed by atoms with Crippen molar-refractivity contribution in [2.24, 2.45) is 0 Å². The van der Waals surface area contributed by atoms with Crippen molar-refractivity contribution in [3.05, 3.63) is 101 Å². The zero-order chi connectivity index (χ0) is 21.6. The molecule has 0 saturated heterocycles. The summed E-state index contributed by atoms with van der Waals surface area (Å²) < 4.78 is 14.7. The second-order valence-corrected chi connectivity index (χ2v) is 7.18. The Bertz CT molecular complexity index is 1180. The molecule has 0 unspecified atom stereocenters. The van der Waals surface area contributed by atoms with Gasteiger partial charge in [-0.2, -0.15) is 0 Å². The van der Waals surface area contributed by atoms with E-state index in [0.717, 1.165) is 11.3 Å². The lowest BCUT2D eigenvalue weighted by Gasteiger charge is -2.10. The van der Waals surface area contributed by atoms with E-state index in [1.54, 1.807) is 65.6 Å². The second-order valence-electron chi connectivity index (χ2n) is 6.75. The van der Waals surface area contributed by atoms with Crippen molar-refractivity contribution in [2.45, 2.75) is 13.1 Å². The third-order valence-electron chi connectivity index (χ3n) is 4.43. The maximum absolute atomic E-state index is 13.0. The van der Waals surface area contributed by atoms with Crippen LogP contribution in [0.15, 0.2) is 73.1 Å². The summed E-state index contributed by atoms with van der Waals surface area (Å²) >= 11 is 5.91. The van der Waals surface area contributed by atoms with Crippen LogP contribution in [-0.4, -0.2) is 25.9 Å². The third kappa shape index (κ3) is 5.43. The molecule has 0 saturated carbocycles. The minimum absolute atomic E-state index is 0.206. The Labute approximate surface area is 182 Å². The molecule has 1 amide bonds. The number of nitrogens with one attached hydrogen (secondary N) is 2. The average Bonchev–Trinajstić information content (AvgIpc) is 3.23. The first-order chi connectivity index (χ1) is 15.1. The number of anilines is 2. The van der Waals surface area contributed by atoms with Gasteiger partial charge in [-0.15, -0.1) is 5.10 Å². The van der Waals surface area contributed by atoms with Crippen molar-refractivity contribution in [2.75, 3.05) is 5.32 Å². The van der Waals surface area contributed by atoms with E-state index in [2.05, 4.69) is 25.9 Å². The lowest BCUT2D eigenvalue weighted by Crippen LogP contribution is -2.24. The standard InChI is InChI=1S/C22H18ClFN6O/c23-16-5-9-18(10-6-16)27-21-20(2-1-11-25-21)22(31)26-12-19-14-30(29-28-19)13-15-3-7-17(24)8-4-15/h1-11,14H,12-13H2,(H,25,27)(H,26,31). The number of carbonyl (C=O) groups is 1. The minimum Gasteiger partial charge on any atom is -0.346 e. The fourth-order valence-electron chi connectivity index (χ4n) is 2.90. The molecule has 0 spiro atoms. The van der Waals surface area contributed by atoms with Gasteiger partial charge < -0.3 is 10.6 Å². The third-order valence-corrected chi connectivity index (χ3v) is 4.69. The van der Waals surface area contributed by atoms with Crippen molar-refractivity contribution < 1.29 is 9.18 Å². The van der Waals surface area contributed by atoms with Gasteiger partial charge in [0, 0.05) is 16.9 Å².